The van der Waals surface area contributed by atoms with E-state index in [-0.39, 0.29) is 43.7 Å². The number of carbonyl (C=O) groups is 3. The van der Waals surface area contributed by atoms with Crippen LogP contribution < -0.4 is 4.89 Å². The second-order valence-corrected chi connectivity index (χ2v) is 18.5. The zero-order valence-electron chi connectivity index (χ0n) is 38.9. The van der Waals surface area contributed by atoms with Crippen molar-refractivity contribution < 1.29 is 52.0 Å². The summed E-state index contributed by atoms with van der Waals surface area (Å²) >= 11 is 0. The van der Waals surface area contributed by atoms with E-state index in [0.717, 1.165) is 57.8 Å². The lowest BCUT2D eigenvalue weighted by Gasteiger charge is -2.28. The van der Waals surface area contributed by atoms with E-state index >= 15 is 0 Å². The molecule has 1 aliphatic carbocycles. The minimum Gasteiger partial charge on any atom is -0.756 e. The molecule has 352 valence electrons. The van der Waals surface area contributed by atoms with Gasteiger partial charge in [0.25, 0.3) is 7.82 Å². The number of nitrogens with zero attached hydrogens (tertiary/aromatic N) is 1. The molecule has 0 aromatic rings. The third-order valence-electron chi connectivity index (χ3n) is 10.1. The summed E-state index contributed by atoms with van der Waals surface area (Å²) in [5.74, 6) is -1.28. The van der Waals surface area contributed by atoms with Crippen LogP contribution in [0.3, 0.4) is 0 Å². The van der Waals surface area contributed by atoms with E-state index in [0.29, 0.717) is 43.1 Å². The van der Waals surface area contributed by atoms with Gasteiger partial charge in [0.1, 0.15) is 19.8 Å². The van der Waals surface area contributed by atoms with Crippen LogP contribution in [0.15, 0.2) is 85.1 Å². The molecule has 0 saturated carbocycles. The Labute approximate surface area is 375 Å². The van der Waals surface area contributed by atoms with Gasteiger partial charge in [-0.05, 0) is 89.0 Å². The number of phosphoric acid groups is 1. The molecule has 0 heterocycles. The maximum Gasteiger partial charge on any atom is 0.306 e. The van der Waals surface area contributed by atoms with Gasteiger partial charge in [-0.15, -0.1) is 0 Å². The second kappa shape index (κ2) is 36.2. The Morgan fingerprint density at radius 1 is 0.758 bits per heavy atom. The van der Waals surface area contributed by atoms with Crippen molar-refractivity contribution in [3.8, 4) is 0 Å². The van der Waals surface area contributed by atoms with Crippen molar-refractivity contribution in [3.05, 3.63) is 85.1 Å². The molecule has 0 aromatic heterocycles. The summed E-state index contributed by atoms with van der Waals surface area (Å²) in [5.41, 5.74) is 0. The molecule has 1 unspecified atom stereocenters. The van der Waals surface area contributed by atoms with Gasteiger partial charge in [-0.3, -0.25) is 18.9 Å². The molecule has 0 spiro atoms. The summed E-state index contributed by atoms with van der Waals surface area (Å²) < 4.78 is 33.9. The highest BCUT2D eigenvalue weighted by Gasteiger charge is 2.27. The summed E-state index contributed by atoms with van der Waals surface area (Å²) in [4.78, 5) is 50.2. The van der Waals surface area contributed by atoms with Crippen molar-refractivity contribution in [2.45, 2.75) is 154 Å². The number of carbonyl (C=O) groups excluding carboxylic acids is 3. The second-order valence-electron chi connectivity index (χ2n) is 17.1. The Kier molecular flexibility index (Phi) is 33.2. The Morgan fingerprint density at radius 3 is 1.98 bits per heavy atom. The third kappa shape index (κ3) is 33.4. The zero-order chi connectivity index (χ0) is 45.7. The summed E-state index contributed by atoms with van der Waals surface area (Å²) in [6, 6.07) is 0. The zero-order valence-corrected chi connectivity index (χ0v) is 39.8. The third-order valence-corrected chi connectivity index (χ3v) is 11.1. The molecule has 11 nitrogen and oxygen atoms in total. The minimum atomic E-state index is -4.70. The number of aliphatic hydroxyl groups excluding tert-OH is 1. The fraction of sp³-hybridized carbons (Fsp3) is 0.660. The van der Waals surface area contributed by atoms with Crippen molar-refractivity contribution in [1.29, 1.82) is 0 Å². The smallest absolute Gasteiger partial charge is 0.306 e. The number of hydrogen-bond donors (Lipinski definition) is 1. The van der Waals surface area contributed by atoms with Crippen molar-refractivity contribution in [2.75, 3.05) is 47.5 Å². The number of rotatable bonds is 38. The van der Waals surface area contributed by atoms with Crippen LogP contribution in [-0.4, -0.2) is 87.0 Å². The molecule has 0 amide bonds. The Morgan fingerprint density at radius 2 is 1.34 bits per heavy atom. The number of ether oxygens (including phenoxy) is 2. The van der Waals surface area contributed by atoms with E-state index in [4.69, 9.17) is 18.5 Å². The van der Waals surface area contributed by atoms with Gasteiger partial charge >= 0.3 is 11.9 Å². The molecule has 1 rings (SSSR count). The lowest BCUT2D eigenvalue weighted by Crippen LogP contribution is -2.37. The highest BCUT2D eigenvalue weighted by Crippen LogP contribution is 2.38. The Hall–Kier alpha value is -3.18. The van der Waals surface area contributed by atoms with Crippen LogP contribution in [0.4, 0.5) is 0 Å². The molecule has 0 radical (unpaired) electrons. The van der Waals surface area contributed by atoms with E-state index in [1.165, 1.54) is 25.7 Å². The first-order valence-corrected chi connectivity index (χ1v) is 24.8. The number of ketones is 1. The monoisotopic (exact) mass is 888 g/mol. The van der Waals surface area contributed by atoms with Crippen LogP contribution in [-0.2, 0) is 37.5 Å². The quantitative estimate of drug-likeness (QED) is 0.0209. The molecule has 5 atom stereocenters. The van der Waals surface area contributed by atoms with E-state index in [9.17, 15) is 28.9 Å². The highest BCUT2D eigenvalue weighted by atomic mass is 31.2. The predicted octanol–water partition coefficient (Wildman–Crippen LogP) is 10.6. The standard InChI is InChI=1S/C50H82NO10P/c1-6-8-10-11-12-13-14-15-16-17-18-19-20-21-22-23-24-25-30-34-49(54)58-42-46(43-60-62(56,57)59-41-40-51(3,4)5)61-50(55)35-31-27-26-29-32-44-36-39-48(53)47(44)38-37-45(52)33-28-9-7-2/h12-13,15-16,18-19,21-22,26,29,36-39,44-47,52H,6-11,14,17,20,23-25,27-28,30-35,40-43H2,1-5H3/b13-12-,16-15-,19-18-,22-21-,29-26-,38-37+/t44-,45-,46+,47+/m0/s1. The average molecular weight is 888 g/mol. The molecule has 0 aromatic carbocycles. The number of hydrogen-bond acceptors (Lipinski definition) is 10. The topological polar surface area (TPSA) is 148 Å². The number of aliphatic hydroxyl groups is 1. The molecular formula is C50H82NO10P. The van der Waals surface area contributed by atoms with Crippen molar-refractivity contribution in [2.24, 2.45) is 11.8 Å². The minimum absolute atomic E-state index is 0.00968. The summed E-state index contributed by atoms with van der Waals surface area (Å²) in [7, 11) is 1.01. The van der Waals surface area contributed by atoms with Gasteiger partial charge in [0.15, 0.2) is 11.9 Å². The number of quaternary nitrogens is 1. The van der Waals surface area contributed by atoms with E-state index in [1.807, 2.05) is 45.4 Å². The Balaban J connectivity index is 2.47. The molecule has 62 heavy (non-hydrogen) atoms. The SMILES string of the molecule is CCCCC/C=C\C/C=C\C/C=C\C/C=C\CCCCCC(=O)OC[C@H](COP(=O)([O-])OCC[N+](C)(C)C)OC(=O)CCC/C=C\C[C@H]1C=CC(=O)[C@@H]1/C=C/[C@@H](O)CCCCC. The average Bonchev–Trinajstić information content (AvgIpc) is 3.57. The van der Waals surface area contributed by atoms with Gasteiger partial charge in [-0.2, -0.15) is 0 Å². The van der Waals surface area contributed by atoms with Gasteiger partial charge in [0.2, 0.25) is 0 Å². The normalized spacial score (nSPS) is 18.1. The maximum atomic E-state index is 12.8. The molecular weight excluding hydrogens is 806 g/mol. The van der Waals surface area contributed by atoms with Crippen LogP contribution in [0.5, 0.6) is 0 Å². The fourth-order valence-corrected chi connectivity index (χ4v) is 7.06. The van der Waals surface area contributed by atoms with Crippen LogP contribution in [0.1, 0.15) is 142 Å². The van der Waals surface area contributed by atoms with Crippen LogP contribution in [0.2, 0.25) is 0 Å². The number of phosphoric ester groups is 1. The fourth-order valence-electron chi connectivity index (χ4n) is 6.33. The van der Waals surface area contributed by atoms with Crippen molar-refractivity contribution in [1.82, 2.24) is 0 Å². The van der Waals surface area contributed by atoms with Crippen molar-refractivity contribution in [3.63, 3.8) is 0 Å². The first-order valence-electron chi connectivity index (χ1n) is 23.3. The van der Waals surface area contributed by atoms with Crippen LogP contribution >= 0.6 is 7.82 Å². The van der Waals surface area contributed by atoms with E-state index in [2.05, 4.69) is 62.5 Å². The van der Waals surface area contributed by atoms with Gasteiger partial charge in [-0.25, -0.2) is 0 Å². The van der Waals surface area contributed by atoms with Crippen molar-refractivity contribution >= 4 is 25.5 Å². The number of unbranched alkanes of at least 4 members (excludes halogenated alkanes) is 9. The number of esters is 2. The molecule has 0 fully saturated rings. The Bertz CT molecular complexity index is 1470. The predicted molar refractivity (Wildman–Crippen MR) is 249 cm³/mol. The number of allylic oxidation sites excluding steroid dienone is 13. The van der Waals surface area contributed by atoms with Gasteiger partial charge in [0, 0.05) is 18.8 Å². The molecule has 0 aliphatic heterocycles. The summed E-state index contributed by atoms with van der Waals surface area (Å²) in [6.07, 6.45) is 43.8. The first kappa shape index (κ1) is 56.8. The van der Waals surface area contributed by atoms with Crippen LogP contribution in [0, 0.1) is 11.8 Å². The largest absolute Gasteiger partial charge is 0.756 e. The molecule has 1 aliphatic rings. The lowest BCUT2D eigenvalue weighted by molar-refractivity contribution is -0.870. The number of likely N-dealkylation sites (N-methyl/N-ethyl adjacent to an activating group) is 1. The van der Waals surface area contributed by atoms with E-state index in [1.54, 1.807) is 12.2 Å². The molecule has 0 saturated heterocycles. The highest BCUT2D eigenvalue weighted by molar-refractivity contribution is 7.45. The molecule has 12 heteroatoms. The molecule has 1 N–H and O–H groups in total. The van der Waals surface area contributed by atoms with Gasteiger partial charge in [0.05, 0.1) is 33.9 Å². The molecule has 0 bridgehead atoms. The summed E-state index contributed by atoms with van der Waals surface area (Å²) in [5, 5.41) is 10.2. The van der Waals surface area contributed by atoms with Gasteiger partial charge < -0.3 is 33.0 Å². The summed E-state index contributed by atoms with van der Waals surface area (Å²) in [6.45, 7) is 3.81. The van der Waals surface area contributed by atoms with E-state index < -0.39 is 38.6 Å². The van der Waals surface area contributed by atoms with Crippen LogP contribution in [0.25, 0.3) is 0 Å². The van der Waals surface area contributed by atoms with Gasteiger partial charge in [-0.1, -0.05) is 131 Å². The maximum absolute atomic E-state index is 12.8. The lowest BCUT2D eigenvalue weighted by atomic mass is 9.90. The first-order chi connectivity index (χ1) is 29.8.